The molecule has 4 heterocycles. The summed E-state index contributed by atoms with van der Waals surface area (Å²) in [5.41, 5.74) is 3.36. The third kappa shape index (κ3) is 3.48. The molecule has 0 bridgehead atoms. The van der Waals surface area contributed by atoms with Gasteiger partial charge in [0.2, 0.25) is 0 Å². The van der Waals surface area contributed by atoms with E-state index >= 15 is 0 Å². The number of fused-ring (bicyclic) bond motifs is 1. The van der Waals surface area contributed by atoms with Crippen molar-refractivity contribution < 1.29 is 14.7 Å². The van der Waals surface area contributed by atoms with Gasteiger partial charge in [0, 0.05) is 31.7 Å². The number of aryl methyl sites for hydroxylation is 2. The number of likely N-dealkylation sites (tertiary alicyclic amines) is 1. The topological polar surface area (TPSA) is 91.0 Å². The van der Waals surface area contributed by atoms with Gasteiger partial charge in [0.15, 0.2) is 5.76 Å². The highest BCUT2D eigenvalue weighted by Crippen LogP contribution is 2.39. The monoisotopic (exact) mass is 419 g/mol. The highest BCUT2D eigenvalue weighted by molar-refractivity contribution is 6.46. The quantitative estimate of drug-likeness (QED) is 0.388. The van der Waals surface area contributed by atoms with Crippen molar-refractivity contribution in [3.05, 3.63) is 70.9 Å². The number of aliphatic hydroxyl groups excluding tert-OH is 1. The van der Waals surface area contributed by atoms with E-state index < -0.39 is 17.7 Å². The number of carbonyl (C=O) groups is 2. The predicted molar refractivity (Wildman–Crippen MR) is 116 cm³/mol. The summed E-state index contributed by atoms with van der Waals surface area (Å²) in [7, 11) is 3.81. The van der Waals surface area contributed by atoms with Crippen LogP contribution in [0.1, 0.15) is 28.6 Å². The van der Waals surface area contributed by atoms with Gasteiger partial charge in [-0.15, -0.1) is 0 Å². The molecule has 0 radical (unpaired) electrons. The first kappa shape index (κ1) is 20.7. The largest absolute Gasteiger partial charge is 0.505 e. The lowest BCUT2D eigenvalue weighted by atomic mass is 9.97. The minimum atomic E-state index is -0.719. The van der Waals surface area contributed by atoms with Gasteiger partial charge in [0.05, 0.1) is 17.3 Å². The van der Waals surface area contributed by atoms with Crippen molar-refractivity contribution in [3.8, 4) is 0 Å². The second-order valence-electron chi connectivity index (χ2n) is 8.01. The maximum Gasteiger partial charge on any atom is 0.295 e. The number of nitrogens with zero attached hydrogens (tertiary/aromatic N) is 5. The summed E-state index contributed by atoms with van der Waals surface area (Å²) in [5, 5.41) is 11.4. The molecule has 1 aliphatic rings. The molecular weight excluding hydrogens is 394 g/mol. The molecule has 3 aromatic heterocycles. The number of Topliss-reactive ketones (excluding diaryl/α,β-unsaturated/α-hetero) is 1. The number of hydrogen-bond donors (Lipinski definition) is 1. The van der Waals surface area contributed by atoms with E-state index in [-0.39, 0.29) is 11.3 Å². The van der Waals surface area contributed by atoms with Crippen LogP contribution in [0, 0.1) is 13.8 Å². The van der Waals surface area contributed by atoms with Gasteiger partial charge in [-0.05, 0) is 51.2 Å². The zero-order valence-corrected chi connectivity index (χ0v) is 18.0. The van der Waals surface area contributed by atoms with E-state index in [1.807, 2.05) is 44.1 Å². The zero-order chi connectivity index (χ0) is 22.3. The molecule has 8 nitrogen and oxygen atoms in total. The van der Waals surface area contributed by atoms with Crippen molar-refractivity contribution in [2.45, 2.75) is 19.9 Å². The van der Waals surface area contributed by atoms with E-state index in [4.69, 9.17) is 0 Å². The Hall–Kier alpha value is -3.52. The lowest BCUT2D eigenvalue weighted by molar-refractivity contribution is -0.140. The van der Waals surface area contributed by atoms with Crippen molar-refractivity contribution in [3.63, 3.8) is 0 Å². The Labute approximate surface area is 180 Å². The van der Waals surface area contributed by atoms with Crippen molar-refractivity contribution in [1.29, 1.82) is 0 Å². The van der Waals surface area contributed by atoms with Crippen LogP contribution in [0.5, 0.6) is 0 Å². The lowest BCUT2D eigenvalue weighted by Crippen LogP contribution is -2.35. The first-order chi connectivity index (χ1) is 14.8. The number of hydrogen-bond acceptors (Lipinski definition) is 6. The molecular formula is C23H25N5O3. The first-order valence-corrected chi connectivity index (χ1v) is 10.1. The van der Waals surface area contributed by atoms with Crippen LogP contribution in [-0.4, -0.2) is 68.2 Å². The van der Waals surface area contributed by atoms with E-state index in [1.54, 1.807) is 36.0 Å². The Kier molecular flexibility index (Phi) is 5.32. The molecule has 0 saturated carbocycles. The third-order valence-electron chi connectivity index (χ3n) is 5.57. The SMILES string of the molecule is Cc1nc2c(C)cccn2c1/C(O)=C1\C(=O)C(=O)N(CCN(C)C)C1c1cccnc1. The lowest BCUT2D eigenvalue weighted by Gasteiger charge is -2.26. The Morgan fingerprint density at radius 3 is 2.65 bits per heavy atom. The number of rotatable bonds is 5. The average Bonchev–Trinajstić information content (AvgIpc) is 3.21. The van der Waals surface area contributed by atoms with E-state index in [1.165, 1.54) is 4.90 Å². The van der Waals surface area contributed by atoms with Crippen molar-refractivity contribution in [2.24, 2.45) is 0 Å². The molecule has 1 saturated heterocycles. The summed E-state index contributed by atoms with van der Waals surface area (Å²) in [6, 6.07) is 6.63. The van der Waals surface area contributed by atoms with Crippen LogP contribution >= 0.6 is 0 Å². The second kappa shape index (κ2) is 7.96. The van der Waals surface area contributed by atoms with Crippen LogP contribution < -0.4 is 0 Å². The Bertz CT molecular complexity index is 1200. The van der Waals surface area contributed by atoms with Crippen molar-refractivity contribution in [2.75, 3.05) is 27.2 Å². The molecule has 1 atom stereocenters. The molecule has 8 heteroatoms. The minimum Gasteiger partial charge on any atom is -0.505 e. The van der Waals surface area contributed by atoms with Crippen molar-refractivity contribution in [1.82, 2.24) is 24.2 Å². The molecule has 160 valence electrons. The number of pyridine rings is 2. The summed E-state index contributed by atoms with van der Waals surface area (Å²) in [4.78, 5) is 38.3. The van der Waals surface area contributed by atoms with Crippen LogP contribution in [0.2, 0.25) is 0 Å². The summed E-state index contributed by atoms with van der Waals surface area (Å²) < 4.78 is 1.76. The number of imidazole rings is 1. The second-order valence-corrected chi connectivity index (χ2v) is 8.01. The number of likely N-dealkylation sites (N-methyl/N-ethyl adjacent to an activating group) is 1. The van der Waals surface area contributed by atoms with Crippen LogP contribution in [0.15, 0.2) is 48.4 Å². The third-order valence-corrected chi connectivity index (χ3v) is 5.57. The fraction of sp³-hybridized carbons (Fsp3) is 0.304. The van der Waals surface area contributed by atoms with Crippen molar-refractivity contribution >= 4 is 23.1 Å². The normalized spacial score (nSPS) is 18.5. The van der Waals surface area contributed by atoms with Gasteiger partial charge in [0.1, 0.15) is 11.3 Å². The van der Waals surface area contributed by atoms with Crippen LogP contribution in [0.3, 0.4) is 0 Å². The standard InChI is InChI=1S/C23H25N5O3/c1-14-7-6-10-27-18(15(2)25-22(14)27)20(29)17-19(16-8-5-9-24-13-16)28(12-11-26(3)4)23(31)21(17)30/h5-10,13,19,29H,11-12H2,1-4H3/b20-17+. The summed E-state index contributed by atoms with van der Waals surface area (Å²) in [6.07, 6.45) is 5.05. The Balaban J connectivity index is 1.94. The van der Waals surface area contributed by atoms with Gasteiger partial charge in [0.25, 0.3) is 11.7 Å². The maximum atomic E-state index is 13.1. The molecule has 1 aliphatic heterocycles. The van der Waals surface area contributed by atoms with E-state index in [9.17, 15) is 14.7 Å². The minimum absolute atomic E-state index is 0.0585. The van der Waals surface area contributed by atoms with Gasteiger partial charge in [-0.3, -0.25) is 19.0 Å². The average molecular weight is 419 g/mol. The molecule has 0 spiro atoms. The molecule has 1 unspecified atom stereocenters. The van der Waals surface area contributed by atoms with Crippen LogP contribution in [-0.2, 0) is 9.59 Å². The van der Waals surface area contributed by atoms with Gasteiger partial charge < -0.3 is 14.9 Å². The highest BCUT2D eigenvalue weighted by atomic mass is 16.3. The van der Waals surface area contributed by atoms with E-state index in [2.05, 4.69) is 9.97 Å². The fourth-order valence-electron chi connectivity index (χ4n) is 4.03. The first-order valence-electron chi connectivity index (χ1n) is 10.1. The summed E-state index contributed by atoms with van der Waals surface area (Å²) in [5.74, 6) is -1.55. The van der Waals surface area contributed by atoms with E-state index in [0.29, 0.717) is 35.7 Å². The number of carbonyl (C=O) groups excluding carboxylic acids is 2. The predicted octanol–water partition coefficient (Wildman–Crippen LogP) is 2.33. The number of aromatic nitrogens is 3. The fourth-order valence-corrected chi connectivity index (χ4v) is 4.03. The molecule has 1 amide bonds. The molecule has 0 aromatic carbocycles. The molecule has 4 rings (SSSR count). The highest BCUT2D eigenvalue weighted by Gasteiger charge is 2.46. The van der Waals surface area contributed by atoms with Gasteiger partial charge in [-0.1, -0.05) is 12.1 Å². The smallest absolute Gasteiger partial charge is 0.295 e. The molecule has 31 heavy (non-hydrogen) atoms. The Morgan fingerprint density at radius 2 is 1.97 bits per heavy atom. The number of aliphatic hydroxyl groups is 1. The summed E-state index contributed by atoms with van der Waals surface area (Å²) in [6.45, 7) is 4.64. The molecule has 3 aromatic rings. The number of ketones is 1. The van der Waals surface area contributed by atoms with Gasteiger partial charge in [-0.2, -0.15) is 0 Å². The molecule has 0 aliphatic carbocycles. The molecule has 1 N–H and O–H groups in total. The maximum absolute atomic E-state index is 13.1. The van der Waals surface area contributed by atoms with E-state index in [0.717, 1.165) is 5.56 Å². The Morgan fingerprint density at radius 1 is 1.19 bits per heavy atom. The van der Waals surface area contributed by atoms with Gasteiger partial charge in [-0.25, -0.2) is 4.98 Å². The zero-order valence-electron chi connectivity index (χ0n) is 18.0. The van der Waals surface area contributed by atoms with Gasteiger partial charge >= 0.3 is 0 Å². The van der Waals surface area contributed by atoms with Crippen LogP contribution in [0.25, 0.3) is 11.4 Å². The molecule has 1 fully saturated rings. The summed E-state index contributed by atoms with van der Waals surface area (Å²) >= 11 is 0. The van der Waals surface area contributed by atoms with Crippen LogP contribution in [0.4, 0.5) is 0 Å². The number of amides is 1.